The van der Waals surface area contributed by atoms with Crippen LogP contribution in [0.15, 0.2) is 18.2 Å². The first kappa shape index (κ1) is 9.92. The summed E-state index contributed by atoms with van der Waals surface area (Å²) in [5, 5.41) is 19.7. The summed E-state index contributed by atoms with van der Waals surface area (Å²) in [5.41, 5.74) is 1.94. The molecule has 5 heteroatoms. The molecule has 2 rings (SSSR count). The molecule has 1 aromatic rings. The summed E-state index contributed by atoms with van der Waals surface area (Å²) >= 11 is 0. The minimum atomic E-state index is -0.401. The summed E-state index contributed by atoms with van der Waals surface area (Å²) in [6.07, 6.45) is -0.264. The van der Waals surface area contributed by atoms with Crippen molar-refractivity contribution in [3.8, 4) is 0 Å². The van der Waals surface area contributed by atoms with Gasteiger partial charge in [-0.15, -0.1) is 0 Å². The third-order valence-corrected chi connectivity index (χ3v) is 2.59. The maximum absolute atomic E-state index is 10.5. The second-order valence-electron chi connectivity index (χ2n) is 3.79. The van der Waals surface area contributed by atoms with Gasteiger partial charge >= 0.3 is 0 Å². The van der Waals surface area contributed by atoms with E-state index in [-0.39, 0.29) is 11.8 Å². The summed E-state index contributed by atoms with van der Waals surface area (Å²) in [5.74, 6) is 0. The Labute approximate surface area is 87.1 Å². The molecular weight excluding hydrogens is 196 g/mol. The number of nitrogens with zero attached hydrogens (tertiary/aromatic N) is 2. The van der Waals surface area contributed by atoms with Gasteiger partial charge < -0.3 is 10.0 Å². The van der Waals surface area contributed by atoms with Gasteiger partial charge in [-0.2, -0.15) is 0 Å². The Hall–Kier alpha value is -1.62. The number of rotatable bonds is 2. The van der Waals surface area contributed by atoms with Gasteiger partial charge in [-0.25, -0.2) is 0 Å². The number of hydrogen-bond donors (Lipinski definition) is 1. The predicted molar refractivity (Wildman–Crippen MR) is 56.1 cm³/mol. The predicted octanol–water partition coefficient (Wildman–Crippen LogP) is 1.08. The van der Waals surface area contributed by atoms with Crippen LogP contribution in [-0.2, 0) is 0 Å². The number of nitro benzene ring substituents is 1. The van der Waals surface area contributed by atoms with Crippen LogP contribution in [0.1, 0.15) is 5.56 Å². The molecule has 1 N–H and O–H groups in total. The van der Waals surface area contributed by atoms with E-state index in [0.29, 0.717) is 13.1 Å². The Morgan fingerprint density at radius 3 is 2.67 bits per heavy atom. The number of anilines is 1. The molecule has 0 bridgehead atoms. The Bertz CT molecular complexity index is 400. The third kappa shape index (κ3) is 1.78. The number of hydrogen-bond acceptors (Lipinski definition) is 4. The van der Waals surface area contributed by atoms with Gasteiger partial charge in [0.25, 0.3) is 5.69 Å². The van der Waals surface area contributed by atoms with Crippen molar-refractivity contribution < 1.29 is 10.0 Å². The zero-order chi connectivity index (χ0) is 11.0. The molecule has 15 heavy (non-hydrogen) atoms. The fraction of sp³-hybridized carbons (Fsp3) is 0.400. The molecule has 80 valence electrons. The molecular formula is C10H12N2O3. The van der Waals surface area contributed by atoms with E-state index in [9.17, 15) is 10.1 Å². The smallest absolute Gasteiger partial charge is 0.269 e. The molecule has 0 spiro atoms. The highest BCUT2D eigenvalue weighted by Gasteiger charge is 2.26. The molecule has 0 atom stereocenters. The van der Waals surface area contributed by atoms with Gasteiger partial charge in [-0.3, -0.25) is 10.1 Å². The molecule has 0 amide bonds. The summed E-state index contributed by atoms with van der Waals surface area (Å²) < 4.78 is 0. The van der Waals surface area contributed by atoms with Crippen molar-refractivity contribution in [2.45, 2.75) is 13.0 Å². The van der Waals surface area contributed by atoms with Crippen LogP contribution >= 0.6 is 0 Å². The van der Waals surface area contributed by atoms with Crippen molar-refractivity contribution in [2.24, 2.45) is 0 Å². The molecule has 1 saturated heterocycles. The quantitative estimate of drug-likeness (QED) is 0.583. The monoisotopic (exact) mass is 208 g/mol. The van der Waals surface area contributed by atoms with Crippen LogP contribution in [0.5, 0.6) is 0 Å². The maximum atomic E-state index is 10.5. The first-order valence-electron chi connectivity index (χ1n) is 4.76. The normalized spacial score (nSPS) is 16.3. The number of aliphatic hydroxyl groups is 1. The fourth-order valence-corrected chi connectivity index (χ4v) is 1.76. The zero-order valence-electron chi connectivity index (χ0n) is 8.38. The van der Waals surface area contributed by atoms with Gasteiger partial charge in [0.1, 0.15) is 0 Å². The van der Waals surface area contributed by atoms with Crippen molar-refractivity contribution in [3.63, 3.8) is 0 Å². The van der Waals surface area contributed by atoms with Gasteiger partial charge in [0, 0.05) is 30.9 Å². The van der Waals surface area contributed by atoms with E-state index in [4.69, 9.17) is 5.11 Å². The molecule has 1 aliphatic rings. The lowest BCUT2D eigenvalue weighted by atomic mass is 10.1. The molecule has 1 aliphatic heterocycles. The first-order chi connectivity index (χ1) is 7.08. The standard InChI is InChI=1S/C10H12N2O3/c1-7-4-8(12(14)15)2-3-10(7)11-5-9(13)6-11/h2-4,9,13H,5-6H2,1H3. The lowest BCUT2D eigenvalue weighted by Crippen LogP contribution is -2.51. The van der Waals surface area contributed by atoms with Crippen LogP contribution in [0.25, 0.3) is 0 Å². The highest BCUT2D eigenvalue weighted by Crippen LogP contribution is 2.27. The van der Waals surface area contributed by atoms with Crippen molar-refractivity contribution >= 4 is 11.4 Å². The van der Waals surface area contributed by atoms with Gasteiger partial charge in [0.2, 0.25) is 0 Å². The molecule has 1 fully saturated rings. The van der Waals surface area contributed by atoms with E-state index in [1.54, 1.807) is 12.1 Å². The van der Waals surface area contributed by atoms with E-state index in [1.165, 1.54) is 6.07 Å². The van der Waals surface area contributed by atoms with Gasteiger partial charge in [-0.05, 0) is 18.6 Å². The lowest BCUT2D eigenvalue weighted by Gasteiger charge is -2.38. The highest BCUT2D eigenvalue weighted by molar-refractivity contribution is 5.58. The summed E-state index contributed by atoms with van der Waals surface area (Å²) in [4.78, 5) is 12.1. The van der Waals surface area contributed by atoms with Crippen molar-refractivity contribution in [2.75, 3.05) is 18.0 Å². The van der Waals surface area contributed by atoms with E-state index in [1.807, 2.05) is 11.8 Å². The van der Waals surface area contributed by atoms with Crippen LogP contribution < -0.4 is 4.90 Å². The van der Waals surface area contributed by atoms with E-state index >= 15 is 0 Å². The zero-order valence-corrected chi connectivity index (χ0v) is 8.38. The number of nitro groups is 1. The molecule has 0 aliphatic carbocycles. The molecule has 0 aromatic heterocycles. The second kappa shape index (κ2) is 3.51. The average molecular weight is 208 g/mol. The topological polar surface area (TPSA) is 66.6 Å². The van der Waals surface area contributed by atoms with E-state index < -0.39 is 4.92 Å². The molecule has 5 nitrogen and oxygen atoms in total. The van der Waals surface area contributed by atoms with Crippen molar-refractivity contribution in [3.05, 3.63) is 33.9 Å². The van der Waals surface area contributed by atoms with Crippen LogP contribution in [0, 0.1) is 17.0 Å². The van der Waals surface area contributed by atoms with Gasteiger partial charge in [0.05, 0.1) is 11.0 Å². The minimum absolute atomic E-state index is 0.109. The number of β-amino-alcohol motifs (C(OH)–C–C–N with tert-alkyl or cyclic N) is 1. The Kier molecular flexibility index (Phi) is 2.32. The summed E-state index contributed by atoms with van der Waals surface area (Å²) in [6, 6.07) is 4.78. The second-order valence-corrected chi connectivity index (χ2v) is 3.79. The van der Waals surface area contributed by atoms with Crippen LogP contribution in [0.3, 0.4) is 0 Å². The number of aliphatic hydroxyl groups excluding tert-OH is 1. The number of aryl methyl sites for hydroxylation is 1. The average Bonchev–Trinajstić information content (AvgIpc) is 2.13. The van der Waals surface area contributed by atoms with Crippen molar-refractivity contribution in [1.82, 2.24) is 0 Å². The molecule has 0 radical (unpaired) electrons. The lowest BCUT2D eigenvalue weighted by molar-refractivity contribution is -0.384. The Morgan fingerprint density at radius 2 is 2.20 bits per heavy atom. The number of non-ortho nitro benzene ring substituents is 1. The van der Waals surface area contributed by atoms with Gasteiger partial charge in [0.15, 0.2) is 0 Å². The van der Waals surface area contributed by atoms with Crippen LogP contribution in [0.4, 0.5) is 11.4 Å². The molecule has 1 heterocycles. The molecule has 0 unspecified atom stereocenters. The highest BCUT2D eigenvalue weighted by atomic mass is 16.6. The third-order valence-electron chi connectivity index (χ3n) is 2.59. The summed E-state index contributed by atoms with van der Waals surface area (Å²) in [6.45, 7) is 3.06. The fourth-order valence-electron chi connectivity index (χ4n) is 1.76. The summed E-state index contributed by atoms with van der Waals surface area (Å²) in [7, 11) is 0. The van der Waals surface area contributed by atoms with E-state index in [0.717, 1.165) is 11.3 Å². The number of benzene rings is 1. The van der Waals surface area contributed by atoms with Crippen LogP contribution in [-0.4, -0.2) is 29.2 Å². The Balaban J connectivity index is 2.23. The van der Waals surface area contributed by atoms with E-state index in [2.05, 4.69) is 0 Å². The maximum Gasteiger partial charge on any atom is 0.269 e. The largest absolute Gasteiger partial charge is 0.389 e. The SMILES string of the molecule is Cc1cc([N+](=O)[O-])ccc1N1CC(O)C1. The molecule has 0 saturated carbocycles. The minimum Gasteiger partial charge on any atom is -0.389 e. The Morgan fingerprint density at radius 1 is 1.53 bits per heavy atom. The van der Waals surface area contributed by atoms with Gasteiger partial charge in [-0.1, -0.05) is 0 Å². The van der Waals surface area contributed by atoms with Crippen molar-refractivity contribution in [1.29, 1.82) is 0 Å². The first-order valence-corrected chi connectivity index (χ1v) is 4.76. The molecule has 1 aromatic carbocycles. The van der Waals surface area contributed by atoms with Crippen LogP contribution in [0.2, 0.25) is 0 Å².